The van der Waals surface area contributed by atoms with Gasteiger partial charge in [-0.1, -0.05) is 42.5 Å². The molecule has 2 aromatic rings. The first-order chi connectivity index (χ1) is 15.3. The number of amides is 2. The van der Waals surface area contributed by atoms with E-state index in [0.717, 1.165) is 5.56 Å². The van der Waals surface area contributed by atoms with Crippen molar-refractivity contribution in [1.29, 1.82) is 0 Å². The Balaban J connectivity index is 1.71. The Hall–Kier alpha value is -2.93. The molecule has 0 aromatic heterocycles. The van der Waals surface area contributed by atoms with E-state index in [1.165, 1.54) is 24.0 Å². The molecule has 0 heterocycles. The number of benzene rings is 2. The van der Waals surface area contributed by atoms with Crippen LogP contribution in [0.25, 0.3) is 0 Å². The number of hydrogen-bond donors (Lipinski definition) is 2. The highest BCUT2D eigenvalue weighted by atomic mass is 19.1. The van der Waals surface area contributed by atoms with Gasteiger partial charge in [-0.3, -0.25) is 9.59 Å². The Bertz CT molecular complexity index is 923. The highest BCUT2D eigenvalue weighted by Gasteiger charge is 2.40. The van der Waals surface area contributed by atoms with Crippen molar-refractivity contribution in [2.45, 2.75) is 50.2 Å². The summed E-state index contributed by atoms with van der Waals surface area (Å²) in [5.74, 6) is -0.928. The van der Waals surface area contributed by atoms with E-state index in [2.05, 4.69) is 5.32 Å². The number of carbonyl (C=O) groups is 2. The number of nitrogens with zero attached hydrogens (tertiary/aromatic N) is 1. The quantitative estimate of drug-likeness (QED) is 0.646. The van der Waals surface area contributed by atoms with Crippen LogP contribution in [0.15, 0.2) is 54.6 Å². The summed E-state index contributed by atoms with van der Waals surface area (Å²) in [6, 6.07) is 15.5. The van der Waals surface area contributed by atoms with Gasteiger partial charge in [-0.15, -0.1) is 0 Å². The first-order valence-corrected chi connectivity index (χ1v) is 10.9. The molecule has 7 heteroatoms. The van der Waals surface area contributed by atoms with Crippen LogP contribution in [0.2, 0.25) is 0 Å². The fourth-order valence-corrected chi connectivity index (χ4v) is 4.45. The maximum Gasteiger partial charge on any atom is 0.260 e. The lowest BCUT2D eigenvalue weighted by Gasteiger charge is -2.34. The largest absolute Gasteiger partial charge is 0.481 e. The summed E-state index contributed by atoms with van der Waals surface area (Å²) >= 11 is 0. The number of halogens is 1. The molecule has 6 nitrogen and oxygen atoms in total. The van der Waals surface area contributed by atoms with Gasteiger partial charge >= 0.3 is 0 Å². The standard InChI is InChI=1S/C25H31FN2O4/c1-18(29)27-17-25(19-8-4-3-5-9-19)14-12-21(22(30)13-15-25)28(2)24(31)16-32-23-11-7-6-10-20(23)26/h3-11,21-22,30H,12-17H2,1-2H3,(H,27,29)/t21-,22-,25+/m0/s1. The summed E-state index contributed by atoms with van der Waals surface area (Å²) in [4.78, 5) is 25.9. The predicted molar refractivity (Wildman–Crippen MR) is 120 cm³/mol. The second-order valence-electron chi connectivity index (χ2n) is 8.49. The molecule has 0 saturated heterocycles. The summed E-state index contributed by atoms with van der Waals surface area (Å²) < 4.78 is 19.1. The molecule has 0 spiro atoms. The lowest BCUT2D eigenvalue weighted by atomic mass is 9.74. The molecule has 1 aliphatic rings. The van der Waals surface area contributed by atoms with Crippen molar-refractivity contribution in [3.8, 4) is 5.75 Å². The average Bonchev–Trinajstić information content (AvgIpc) is 2.96. The molecule has 3 atom stereocenters. The van der Waals surface area contributed by atoms with Crippen molar-refractivity contribution >= 4 is 11.8 Å². The predicted octanol–water partition coefficient (Wildman–Crippen LogP) is 3.04. The van der Waals surface area contributed by atoms with Gasteiger partial charge < -0.3 is 20.1 Å². The number of aliphatic hydroxyl groups is 1. The van der Waals surface area contributed by atoms with Gasteiger partial charge in [-0.25, -0.2) is 4.39 Å². The van der Waals surface area contributed by atoms with E-state index in [-0.39, 0.29) is 29.6 Å². The molecule has 2 N–H and O–H groups in total. The zero-order valence-corrected chi connectivity index (χ0v) is 18.6. The lowest BCUT2D eigenvalue weighted by molar-refractivity contribution is -0.136. The fraction of sp³-hybridized carbons (Fsp3) is 0.440. The van der Waals surface area contributed by atoms with Crippen molar-refractivity contribution < 1.29 is 23.8 Å². The highest BCUT2D eigenvalue weighted by Crippen LogP contribution is 2.39. The molecule has 2 amide bonds. The van der Waals surface area contributed by atoms with Crippen LogP contribution in [0.3, 0.4) is 0 Å². The third-order valence-electron chi connectivity index (χ3n) is 6.42. The second kappa shape index (κ2) is 10.6. The van der Waals surface area contributed by atoms with Gasteiger partial charge in [-0.2, -0.15) is 0 Å². The van der Waals surface area contributed by atoms with Crippen molar-refractivity contribution in [3.05, 3.63) is 66.0 Å². The fourth-order valence-electron chi connectivity index (χ4n) is 4.45. The Morgan fingerprint density at radius 2 is 1.78 bits per heavy atom. The third kappa shape index (κ3) is 5.65. The summed E-state index contributed by atoms with van der Waals surface area (Å²) in [6.45, 7) is 1.66. The zero-order valence-electron chi connectivity index (χ0n) is 18.6. The number of carbonyl (C=O) groups excluding carboxylic acids is 2. The molecule has 172 valence electrons. The van der Waals surface area contributed by atoms with Crippen LogP contribution in [0.5, 0.6) is 5.75 Å². The number of para-hydroxylation sites is 1. The van der Waals surface area contributed by atoms with E-state index < -0.39 is 18.0 Å². The molecular weight excluding hydrogens is 411 g/mol. The highest BCUT2D eigenvalue weighted by molar-refractivity contribution is 5.78. The van der Waals surface area contributed by atoms with Gasteiger partial charge in [-0.05, 0) is 43.4 Å². The molecular formula is C25H31FN2O4. The van der Waals surface area contributed by atoms with Crippen LogP contribution < -0.4 is 10.1 Å². The Kier molecular flexibility index (Phi) is 7.85. The molecule has 32 heavy (non-hydrogen) atoms. The van der Waals surface area contributed by atoms with Gasteiger partial charge in [0.15, 0.2) is 18.2 Å². The second-order valence-corrected chi connectivity index (χ2v) is 8.49. The van der Waals surface area contributed by atoms with Crippen LogP contribution >= 0.6 is 0 Å². The van der Waals surface area contributed by atoms with Crippen LogP contribution in [-0.4, -0.2) is 54.2 Å². The zero-order chi connectivity index (χ0) is 23.1. The minimum Gasteiger partial charge on any atom is -0.481 e. The summed E-state index contributed by atoms with van der Waals surface area (Å²) in [7, 11) is 1.64. The molecule has 0 unspecified atom stereocenters. The van der Waals surface area contributed by atoms with Gasteiger partial charge in [0, 0.05) is 25.9 Å². The Morgan fingerprint density at radius 1 is 1.12 bits per heavy atom. The van der Waals surface area contributed by atoms with Crippen LogP contribution in [0.1, 0.15) is 38.2 Å². The van der Waals surface area contributed by atoms with Crippen LogP contribution in [0, 0.1) is 5.82 Å². The smallest absolute Gasteiger partial charge is 0.260 e. The van der Waals surface area contributed by atoms with Gasteiger partial charge in [0.05, 0.1) is 12.1 Å². The van der Waals surface area contributed by atoms with E-state index in [0.29, 0.717) is 32.2 Å². The molecule has 0 radical (unpaired) electrons. The number of aliphatic hydroxyl groups excluding tert-OH is 1. The van der Waals surface area contributed by atoms with Crippen molar-refractivity contribution in [3.63, 3.8) is 0 Å². The van der Waals surface area contributed by atoms with E-state index in [1.54, 1.807) is 19.2 Å². The van der Waals surface area contributed by atoms with Crippen molar-refractivity contribution in [2.24, 2.45) is 0 Å². The molecule has 0 aliphatic heterocycles. The van der Waals surface area contributed by atoms with Crippen molar-refractivity contribution in [2.75, 3.05) is 20.2 Å². The van der Waals surface area contributed by atoms with E-state index >= 15 is 0 Å². The lowest BCUT2D eigenvalue weighted by Crippen LogP contribution is -2.46. The first kappa shape index (κ1) is 23.7. The number of likely N-dealkylation sites (N-methyl/N-ethyl adjacent to an activating group) is 1. The SMILES string of the molecule is CC(=O)NC[C@]1(c2ccccc2)CC[C@H](O)[C@@H](N(C)C(=O)COc2ccccc2F)CC1. The number of hydrogen-bond acceptors (Lipinski definition) is 4. The third-order valence-corrected chi connectivity index (χ3v) is 6.42. The van der Waals surface area contributed by atoms with Gasteiger partial charge in [0.2, 0.25) is 5.91 Å². The molecule has 2 aromatic carbocycles. The molecule has 1 aliphatic carbocycles. The van der Waals surface area contributed by atoms with E-state index in [4.69, 9.17) is 4.74 Å². The maximum absolute atomic E-state index is 13.8. The minimum atomic E-state index is -0.708. The topological polar surface area (TPSA) is 78.9 Å². The van der Waals surface area contributed by atoms with Gasteiger partial charge in [0.1, 0.15) is 0 Å². The first-order valence-electron chi connectivity index (χ1n) is 10.9. The van der Waals surface area contributed by atoms with Crippen LogP contribution in [-0.2, 0) is 15.0 Å². The van der Waals surface area contributed by atoms with Crippen LogP contribution in [0.4, 0.5) is 4.39 Å². The number of ether oxygens (including phenoxy) is 1. The monoisotopic (exact) mass is 442 g/mol. The maximum atomic E-state index is 13.8. The summed E-state index contributed by atoms with van der Waals surface area (Å²) in [6.07, 6.45) is 1.73. The summed E-state index contributed by atoms with van der Waals surface area (Å²) in [5, 5.41) is 13.8. The van der Waals surface area contributed by atoms with E-state index in [1.807, 2.05) is 30.3 Å². The minimum absolute atomic E-state index is 0.0223. The van der Waals surface area contributed by atoms with Crippen molar-refractivity contribution in [1.82, 2.24) is 10.2 Å². The molecule has 0 bridgehead atoms. The normalized spacial score (nSPS) is 23.1. The summed E-state index contributed by atoms with van der Waals surface area (Å²) in [5.41, 5.74) is 0.786. The molecule has 1 saturated carbocycles. The Labute approximate surface area is 188 Å². The number of rotatable bonds is 7. The molecule has 1 fully saturated rings. The molecule has 3 rings (SSSR count). The Morgan fingerprint density at radius 3 is 2.47 bits per heavy atom. The van der Waals surface area contributed by atoms with E-state index in [9.17, 15) is 19.1 Å². The number of nitrogens with one attached hydrogen (secondary N) is 1. The average molecular weight is 443 g/mol. The van der Waals surface area contributed by atoms with Gasteiger partial charge in [0.25, 0.3) is 5.91 Å².